The maximum Gasteiger partial charge on any atom is 0.142 e. The first-order chi connectivity index (χ1) is 13.1. The lowest BCUT2D eigenvalue weighted by atomic mass is 10.0. The molecule has 0 saturated carbocycles. The standard InChI is InChI=1S/C21H13Cl2N3O/c22-14-11-15(21(27)16(23)12-14)13-9-19(17-5-1-3-7-24-17)26-20(10-13)18-6-2-4-8-25-18/h1-12,27H. The lowest BCUT2D eigenvalue weighted by Crippen LogP contribution is -1.94. The molecule has 0 atom stereocenters. The molecule has 0 bridgehead atoms. The number of hydrogen-bond acceptors (Lipinski definition) is 4. The first-order valence-electron chi connectivity index (χ1n) is 8.15. The molecule has 0 unspecified atom stereocenters. The number of halogens is 2. The molecular formula is C21H13Cl2N3O. The number of aromatic nitrogens is 3. The van der Waals surface area contributed by atoms with Crippen molar-refractivity contribution >= 4 is 23.2 Å². The van der Waals surface area contributed by atoms with Crippen molar-refractivity contribution in [1.29, 1.82) is 0 Å². The van der Waals surface area contributed by atoms with Crippen molar-refractivity contribution in [1.82, 2.24) is 15.0 Å². The average Bonchev–Trinajstić information content (AvgIpc) is 2.71. The van der Waals surface area contributed by atoms with Gasteiger partial charge in [0.15, 0.2) is 0 Å². The van der Waals surface area contributed by atoms with E-state index in [1.807, 2.05) is 48.5 Å². The minimum atomic E-state index is -0.0359. The fraction of sp³-hybridized carbons (Fsp3) is 0. The number of phenols is 1. The highest BCUT2D eigenvalue weighted by Gasteiger charge is 2.15. The molecule has 0 amide bonds. The van der Waals surface area contributed by atoms with E-state index in [0.717, 1.165) is 0 Å². The highest BCUT2D eigenvalue weighted by molar-refractivity contribution is 6.36. The van der Waals surface area contributed by atoms with Crippen LogP contribution in [0.5, 0.6) is 5.75 Å². The Morgan fingerprint density at radius 3 is 1.81 bits per heavy atom. The quantitative estimate of drug-likeness (QED) is 0.471. The minimum absolute atomic E-state index is 0.0359. The summed E-state index contributed by atoms with van der Waals surface area (Å²) in [5, 5.41) is 11.1. The van der Waals surface area contributed by atoms with Gasteiger partial charge in [-0.1, -0.05) is 35.3 Å². The summed E-state index contributed by atoms with van der Waals surface area (Å²) in [6, 6.07) is 18.1. The van der Waals surface area contributed by atoms with Gasteiger partial charge >= 0.3 is 0 Å². The third-order valence-electron chi connectivity index (χ3n) is 4.02. The summed E-state index contributed by atoms with van der Waals surface area (Å²) < 4.78 is 0. The maximum absolute atomic E-state index is 10.5. The molecule has 4 aromatic rings. The van der Waals surface area contributed by atoms with Gasteiger partial charge in [0.05, 0.1) is 27.8 Å². The van der Waals surface area contributed by atoms with Crippen LogP contribution in [-0.4, -0.2) is 20.1 Å². The second kappa shape index (κ2) is 7.35. The zero-order chi connectivity index (χ0) is 18.8. The summed E-state index contributed by atoms with van der Waals surface area (Å²) >= 11 is 12.3. The molecule has 132 valence electrons. The van der Waals surface area contributed by atoms with Crippen LogP contribution in [0.1, 0.15) is 0 Å². The van der Waals surface area contributed by atoms with E-state index in [9.17, 15) is 5.11 Å². The molecule has 1 aromatic carbocycles. The van der Waals surface area contributed by atoms with Gasteiger partial charge in [0, 0.05) is 23.0 Å². The van der Waals surface area contributed by atoms with Gasteiger partial charge in [-0.15, -0.1) is 0 Å². The molecule has 4 nitrogen and oxygen atoms in total. The van der Waals surface area contributed by atoms with Gasteiger partial charge in [-0.25, -0.2) is 4.98 Å². The molecule has 0 aliphatic heterocycles. The summed E-state index contributed by atoms with van der Waals surface area (Å²) in [5.74, 6) is -0.0359. The molecule has 27 heavy (non-hydrogen) atoms. The van der Waals surface area contributed by atoms with Crippen molar-refractivity contribution in [3.05, 3.63) is 83.1 Å². The Morgan fingerprint density at radius 2 is 1.30 bits per heavy atom. The zero-order valence-electron chi connectivity index (χ0n) is 14.0. The van der Waals surface area contributed by atoms with Crippen molar-refractivity contribution in [2.24, 2.45) is 0 Å². The molecule has 0 aliphatic rings. The Balaban J connectivity index is 1.97. The van der Waals surface area contributed by atoms with E-state index in [1.165, 1.54) is 6.07 Å². The van der Waals surface area contributed by atoms with Crippen LogP contribution in [0, 0.1) is 0 Å². The van der Waals surface area contributed by atoms with Gasteiger partial charge in [-0.05, 0) is 54.1 Å². The molecule has 0 saturated heterocycles. The second-order valence-electron chi connectivity index (χ2n) is 5.84. The third kappa shape index (κ3) is 3.63. The predicted molar refractivity (Wildman–Crippen MR) is 108 cm³/mol. The number of benzene rings is 1. The SMILES string of the molecule is Oc1c(Cl)cc(Cl)cc1-c1cc(-c2ccccn2)nc(-c2ccccn2)c1. The number of hydrogen-bond donors (Lipinski definition) is 1. The monoisotopic (exact) mass is 393 g/mol. The normalized spacial score (nSPS) is 10.7. The number of aromatic hydroxyl groups is 1. The van der Waals surface area contributed by atoms with Crippen molar-refractivity contribution in [3.63, 3.8) is 0 Å². The number of pyridine rings is 3. The van der Waals surface area contributed by atoms with Gasteiger partial charge in [-0.2, -0.15) is 0 Å². The van der Waals surface area contributed by atoms with Gasteiger partial charge in [0.1, 0.15) is 5.75 Å². The van der Waals surface area contributed by atoms with E-state index in [-0.39, 0.29) is 10.8 Å². The lowest BCUT2D eigenvalue weighted by Gasteiger charge is -2.11. The third-order valence-corrected chi connectivity index (χ3v) is 4.53. The number of rotatable bonds is 3. The predicted octanol–water partition coefficient (Wildman–Crippen LogP) is 5.89. The molecule has 0 aliphatic carbocycles. The highest BCUT2D eigenvalue weighted by atomic mass is 35.5. The van der Waals surface area contributed by atoms with Crippen LogP contribution in [0.2, 0.25) is 10.0 Å². The van der Waals surface area contributed by atoms with E-state index in [4.69, 9.17) is 28.2 Å². The topological polar surface area (TPSA) is 58.9 Å². The van der Waals surface area contributed by atoms with E-state index in [1.54, 1.807) is 18.5 Å². The van der Waals surface area contributed by atoms with Gasteiger partial charge in [0.2, 0.25) is 0 Å². The number of nitrogens with zero attached hydrogens (tertiary/aromatic N) is 3. The van der Waals surface area contributed by atoms with E-state index < -0.39 is 0 Å². The van der Waals surface area contributed by atoms with Crippen LogP contribution >= 0.6 is 23.2 Å². The summed E-state index contributed by atoms with van der Waals surface area (Å²) in [6.07, 6.45) is 3.41. The molecule has 3 aromatic heterocycles. The first kappa shape index (κ1) is 17.5. The van der Waals surface area contributed by atoms with Crippen molar-refractivity contribution in [2.75, 3.05) is 0 Å². The van der Waals surface area contributed by atoms with Crippen molar-refractivity contribution in [3.8, 4) is 39.7 Å². The van der Waals surface area contributed by atoms with E-state index in [2.05, 4.69) is 9.97 Å². The molecule has 0 spiro atoms. The summed E-state index contributed by atoms with van der Waals surface area (Å²) in [6.45, 7) is 0. The van der Waals surface area contributed by atoms with Crippen LogP contribution < -0.4 is 0 Å². The average molecular weight is 394 g/mol. The van der Waals surface area contributed by atoms with E-state index in [0.29, 0.717) is 38.9 Å². The van der Waals surface area contributed by atoms with Gasteiger partial charge in [-0.3, -0.25) is 9.97 Å². The smallest absolute Gasteiger partial charge is 0.142 e. The summed E-state index contributed by atoms with van der Waals surface area (Å²) in [5.41, 5.74) is 3.97. The van der Waals surface area contributed by atoms with Crippen LogP contribution in [0.15, 0.2) is 73.1 Å². The van der Waals surface area contributed by atoms with Crippen molar-refractivity contribution < 1.29 is 5.11 Å². The lowest BCUT2D eigenvalue weighted by molar-refractivity contribution is 0.477. The van der Waals surface area contributed by atoms with Gasteiger partial charge in [0.25, 0.3) is 0 Å². The molecule has 6 heteroatoms. The van der Waals surface area contributed by atoms with Crippen LogP contribution in [0.4, 0.5) is 0 Å². The zero-order valence-corrected chi connectivity index (χ0v) is 15.5. The van der Waals surface area contributed by atoms with Gasteiger partial charge < -0.3 is 5.11 Å². The Morgan fingerprint density at radius 1 is 0.704 bits per heavy atom. The second-order valence-corrected chi connectivity index (χ2v) is 6.68. The first-order valence-corrected chi connectivity index (χ1v) is 8.91. The maximum atomic E-state index is 10.5. The van der Waals surface area contributed by atoms with Crippen LogP contribution in [0.3, 0.4) is 0 Å². The van der Waals surface area contributed by atoms with Crippen molar-refractivity contribution in [2.45, 2.75) is 0 Å². The Kier molecular flexibility index (Phi) is 4.75. The Labute approximate surface area is 166 Å². The molecule has 4 rings (SSSR count). The fourth-order valence-corrected chi connectivity index (χ4v) is 3.26. The molecular weight excluding hydrogens is 381 g/mol. The molecule has 1 N–H and O–H groups in total. The summed E-state index contributed by atoms with van der Waals surface area (Å²) in [4.78, 5) is 13.5. The summed E-state index contributed by atoms with van der Waals surface area (Å²) in [7, 11) is 0. The number of phenolic OH excluding ortho intramolecular Hbond substituents is 1. The molecule has 3 heterocycles. The van der Waals surface area contributed by atoms with Crippen LogP contribution in [0.25, 0.3) is 33.9 Å². The molecule has 0 radical (unpaired) electrons. The highest BCUT2D eigenvalue weighted by Crippen LogP contribution is 2.39. The van der Waals surface area contributed by atoms with E-state index >= 15 is 0 Å². The largest absolute Gasteiger partial charge is 0.506 e. The fourth-order valence-electron chi connectivity index (χ4n) is 2.76. The Hall–Kier alpha value is -2.95. The molecule has 0 fully saturated rings. The minimum Gasteiger partial charge on any atom is -0.506 e. The Bertz CT molecular complexity index is 1050. The van der Waals surface area contributed by atoms with Crippen LogP contribution in [-0.2, 0) is 0 Å².